The van der Waals surface area contributed by atoms with Crippen molar-refractivity contribution in [1.82, 2.24) is 19.5 Å². The number of imidazole rings is 1. The zero-order chi connectivity index (χ0) is 15.0. The molecule has 2 aliphatic rings. The number of fused-ring (bicyclic) bond motifs is 2. The minimum absolute atomic E-state index is 0.138. The van der Waals surface area contributed by atoms with Crippen molar-refractivity contribution in [3.05, 3.63) is 12.7 Å². The molecular weight excluding hydrogens is 288 g/mol. The van der Waals surface area contributed by atoms with Gasteiger partial charge in [0.05, 0.1) is 18.9 Å². The van der Waals surface area contributed by atoms with Crippen LogP contribution in [-0.2, 0) is 4.74 Å². The second-order valence-corrected chi connectivity index (χ2v) is 5.23. The Balaban J connectivity index is 1.77. The van der Waals surface area contributed by atoms with E-state index in [1.54, 1.807) is 0 Å². The molecule has 1 saturated heterocycles. The number of hydrogen-bond donors (Lipinski definition) is 3. The van der Waals surface area contributed by atoms with E-state index in [1.807, 2.05) is 0 Å². The zero-order valence-electron chi connectivity index (χ0n) is 10.5. The van der Waals surface area contributed by atoms with Crippen molar-refractivity contribution in [3.8, 4) is 0 Å². The summed E-state index contributed by atoms with van der Waals surface area (Å²) in [5, 5.41) is 19.3. The third-order valence-electron chi connectivity index (χ3n) is 4.23. The van der Waals surface area contributed by atoms with Crippen molar-refractivity contribution in [1.29, 1.82) is 0 Å². The summed E-state index contributed by atoms with van der Waals surface area (Å²) in [6, 6.07) is 0. The molecule has 0 unspecified atom stereocenters. The molecule has 21 heavy (non-hydrogen) atoms. The van der Waals surface area contributed by atoms with Crippen molar-refractivity contribution in [2.45, 2.75) is 23.9 Å². The van der Waals surface area contributed by atoms with E-state index in [4.69, 9.17) is 10.5 Å². The first-order valence-electron chi connectivity index (χ1n) is 6.21. The Morgan fingerprint density at radius 2 is 2.14 bits per heavy atom. The minimum Gasteiger partial charge on any atom is -0.393 e. The topological polar surface area (TPSA) is 119 Å². The third-order valence-corrected chi connectivity index (χ3v) is 4.23. The average Bonchev–Trinajstić information content (AvgIpc) is 2.79. The summed E-state index contributed by atoms with van der Waals surface area (Å²) in [6.07, 6.45) is -0.104. The molecule has 0 aromatic carbocycles. The Morgan fingerprint density at radius 3 is 2.81 bits per heavy atom. The van der Waals surface area contributed by atoms with Gasteiger partial charge in [-0.15, -0.1) is 0 Å². The Labute approximate surface area is 116 Å². The lowest BCUT2D eigenvalue weighted by Gasteiger charge is -2.23. The van der Waals surface area contributed by atoms with Crippen molar-refractivity contribution in [3.63, 3.8) is 0 Å². The number of rotatable bonds is 2. The first-order valence-corrected chi connectivity index (χ1v) is 6.21. The SMILES string of the molecule is Nc1ncnc2c1ncn2[C@H]1O[C@]2(CO)[C@H]([C@@H]1O)C2(F)F. The van der Waals surface area contributed by atoms with Gasteiger partial charge in [-0.25, -0.2) is 23.7 Å². The molecule has 4 N–H and O–H groups in total. The van der Waals surface area contributed by atoms with Gasteiger partial charge in [0, 0.05) is 0 Å². The van der Waals surface area contributed by atoms with Crippen molar-refractivity contribution < 1.29 is 23.7 Å². The van der Waals surface area contributed by atoms with Crippen LogP contribution in [0.5, 0.6) is 0 Å². The maximum absolute atomic E-state index is 13.6. The van der Waals surface area contributed by atoms with Crippen LogP contribution in [-0.4, -0.2) is 54.0 Å². The van der Waals surface area contributed by atoms with Crippen molar-refractivity contribution >= 4 is 17.0 Å². The van der Waals surface area contributed by atoms with Gasteiger partial charge in [-0.2, -0.15) is 0 Å². The number of nitrogen functional groups attached to an aromatic ring is 1. The van der Waals surface area contributed by atoms with E-state index in [1.165, 1.54) is 17.2 Å². The van der Waals surface area contributed by atoms with Gasteiger partial charge in [-0.3, -0.25) is 4.57 Å². The molecule has 2 aromatic rings. The lowest BCUT2D eigenvalue weighted by molar-refractivity contribution is -0.156. The number of nitrogens with zero attached hydrogens (tertiary/aromatic N) is 4. The van der Waals surface area contributed by atoms with Crippen LogP contribution >= 0.6 is 0 Å². The molecule has 2 aromatic heterocycles. The maximum Gasteiger partial charge on any atom is 0.287 e. The highest BCUT2D eigenvalue weighted by molar-refractivity contribution is 5.81. The van der Waals surface area contributed by atoms with Crippen molar-refractivity contribution in [2.24, 2.45) is 5.92 Å². The number of nitrogens with two attached hydrogens (primary N) is 1. The fraction of sp³-hybridized carbons (Fsp3) is 0.545. The fourth-order valence-corrected chi connectivity index (χ4v) is 3.07. The second kappa shape index (κ2) is 3.64. The molecule has 10 heteroatoms. The molecule has 0 radical (unpaired) electrons. The Kier molecular flexibility index (Phi) is 2.22. The first-order chi connectivity index (χ1) is 9.94. The largest absolute Gasteiger partial charge is 0.393 e. The van der Waals surface area contributed by atoms with Crippen LogP contribution in [0.3, 0.4) is 0 Å². The molecule has 3 heterocycles. The maximum atomic E-state index is 13.6. The molecule has 0 bridgehead atoms. The lowest BCUT2D eigenvalue weighted by atomic mass is 10.2. The smallest absolute Gasteiger partial charge is 0.287 e. The molecule has 0 amide bonds. The normalized spacial score (nSPS) is 36.9. The van der Waals surface area contributed by atoms with Gasteiger partial charge in [0.25, 0.3) is 5.92 Å². The summed E-state index contributed by atoms with van der Waals surface area (Å²) in [5.74, 6) is -4.56. The highest BCUT2D eigenvalue weighted by Crippen LogP contribution is 2.69. The van der Waals surface area contributed by atoms with Crippen LogP contribution in [0.1, 0.15) is 6.23 Å². The molecule has 4 atom stereocenters. The Morgan fingerprint density at radius 1 is 1.38 bits per heavy atom. The van der Waals surface area contributed by atoms with Crippen molar-refractivity contribution in [2.75, 3.05) is 12.3 Å². The van der Waals surface area contributed by atoms with Gasteiger partial charge >= 0.3 is 0 Å². The Hall–Kier alpha value is -1.91. The quantitative estimate of drug-likeness (QED) is 0.670. The summed E-state index contributed by atoms with van der Waals surface area (Å²) >= 11 is 0. The summed E-state index contributed by atoms with van der Waals surface area (Å²) in [6.45, 7) is -0.873. The molecule has 4 rings (SSSR count). The van der Waals surface area contributed by atoms with Gasteiger partial charge in [0.1, 0.15) is 17.9 Å². The summed E-state index contributed by atoms with van der Waals surface area (Å²) < 4.78 is 33.8. The summed E-state index contributed by atoms with van der Waals surface area (Å²) in [5.41, 5.74) is 4.17. The van der Waals surface area contributed by atoms with Crippen LogP contribution in [0, 0.1) is 5.92 Å². The standard InChI is InChI=1S/C11H11F2N5O3/c12-11(13)6-5(20)9(21-10(6,11)1-19)18-3-17-4-7(14)15-2-16-8(4)18/h2-3,5-6,9,19-20H,1H2,(H2,14,15,16)/t5-,6-,9-,10+/m0/s1. The molecule has 8 nitrogen and oxygen atoms in total. The highest BCUT2D eigenvalue weighted by atomic mass is 19.3. The molecule has 0 spiro atoms. The molecular formula is C11H11F2N5O3. The number of halogens is 2. The molecule has 1 aliphatic heterocycles. The number of hydrogen-bond acceptors (Lipinski definition) is 7. The number of anilines is 1. The van der Waals surface area contributed by atoms with Gasteiger partial charge in [0.2, 0.25) is 0 Å². The fourth-order valence-electron chi connectivity index (χ4n) is 3.07. The number of aliphatic hydroxyl groups excluding tert-OH is 2. The van der Waals surface area contributed by atoms with Crippen LogP contribution < -0.4 is 5.73 Å². The number of aromatic nitrogens is 4. The van der Waals surface area contributed by atoms with E-state index in [-0.39, 0.29) is 11.5 Å². The predicted molar refractivity (Wildman–Crippen MR) is 64.1 cm³/mol. The minimum atomic E-state index is -3.25. The van der Waals surface area contributed by atoms with Gasteiger partial charge in [0.15, 0.2) is 23.3 Å². The monoisotopic (exact) mass is 299 g/mol. The second-order valence-electron chi connectivity index (χ2n) is 5.23. The van der Waals surface area contributed by atoms with Gasteiger partial charge in [-0.1, -0.05) is 0 Å². The first kappa shape index (κ1) is 12.8. The van der Waals surface area contributed by atoms with Gasteiger partial charge in [-0.05, 0) is 0 Å². The van der Waals surface area contributed by atoms with E-state index in [9.17, 15) is 19.0 Å². The number of aliphatic hydroxyl groups is 2. The van der Waals surface area contributed by atoms with E-state index >= 15 is 0 Å². The van der Waals surface area contributed by atoms with Crippen LogP contribution in [0.4, 0.5) is 14.6 Å². The summed E-state index contributed by atoms with van der Waals surface area (Å²) in [4.78, 5) is 11.7. The van der Waals surface area contributed by atoms with Crippen LogP contribution in [0.25, 0.3) is 11.2 Å². The van der Waals surface area contributed by atoms with E-state index in [2.05, 4.69) is 15.0 Å². The molecule has 2 fully saturated rings. The van der Waals surface area contributed by atoms with Crippen LogP contribution in [0.2, 0.25) is 0 Å². The van der Waals surface area contributed by atoms with Gasteiger partial charge < -0.3 is 20.7 Å². The Bertz CT molecular complexity index is 738. The number of ether oxygens (including phenoxy) is 1. The molecule has 1 saturated carbocycles. The van der Waals surface area contributed by atoms with E-state index in [0.717, 1.165) is 0 Å². The third kappa shape index (κ3) is 1.30. The zero-order valence-corrected chi connectivity index (χ0v) is 10.5. The molecule has 1 aliphatic carbocycles. The highest BCUT2D eigenvalue weighted by Gasteiger charge is 2.89. The predicted octanol–water partition coefficient (Wildman–Crippen LogP) is -0.706. The average molecular weight is 299 g/mol. The van der Waals surface area contributed by atoms with E-state index in [0.29, 0.717) is 5.52 Å². The van der Waals surface area contributed by atoms with Crippen LogP contribution in [0.15, 0.2) is 12.7 Å². The lowest BCUT2D eigenvalue weighted by Crippen LogP contribution is -2.32. The van der Waals surface area contributed by atoms with E-state index < -0.39 is 36.4 Å². The summed E-state index contributed by atoms with van der Waals surface area (Å²) in [7, 11) is 0. The molecule has 112 valence electrons. The number of alkyl halides is 2.